The number of anilines is 3. The van der Waals surface area contributed by atoms with Crippen molar-refractivity contribution in [3.63, 3.8) is 0 Å². The zero-order valence-electron chi connectivity index (χ0n) is 13.9. The second-order valence-corrected chi connectivity index (χ2v) is 5.55. The number of nitrogens with zero attached hydrogens (tertiary/aromatic N) is 6. The SMILES string of the molecule is CCN(CC)c1nccc(N2CCN(c3ccccn3)CC2)n1. The number of hydrogen-bond donors (Lipinski definition) is 0. The maximum absolute atomic E-state index is 4.74. The minimum absolute atomic E-state index is 0.819. The van der Waals surface area contributed by atoms with Gasteiger partial charge in [-0.05, 0) is 32.0 Å². The molecule has 6 nitrogen and oxygen atoms in total. The lowest BCUT2D eigenvalue weighted by Crippen LogP contribution is -2.47. The summed E-state index contributed by atoms with van der Waals surface area (Å²) in [6.45, 7) is 9.93. The van der Waals surface area contributed by atoms with E-state index in [1.54, 1.807) is 0 Å². The van der Waals surface area contributed by atoms with Crippen molar-refractivity contribution in [2.24, 2.45) is 0 Å². The first kappa shape index (κ1) is 15.5. The van der Waals surface area contributed by atoms with E-state index in [-0.39, 0.29) is 0 Å². The van der Waals surface area contributed by atoms with Crippen LogP contribution in [0.3, 0.4) is 0 Å². The van der Waals surface area contributed by atoms with Crippen LogP contribution in [0.25, 0.3) is 0 Å². The summed E-state index contributed by atoms with van der Waals surface area (Å²) in [7, 11) is 0. The highest BCUT2D eigenvalue weighted by Gasteiger charge is 2.19. The Hall–Kier alpha value is -2.37. The van der Waals surface area contributed by atoms with E-state index in [1.807, 2.05) is 30.6 Å². The van der Waals surface area contributed by atoms with E-state index in [1.165, 1.54) is 0 Å². The predicted molar refractivity (Wildman–Crippen MR) is 94.3 cm³/mol. The largest absolute Gasteiger partial charge is 0.353 e. The number of piperazine rings is 1. The van der Waals surface area contributed by atoms with Crippen LogP contribution in [-0.2, 0) is 0 Å². The molecule has 0 bridgehead atoms. The average molecular weight is 312 g/mol. The summed E-state index contributed by atoms with van der Waals surface area (Å²) in [5.74, 6) is 2.89. The minimum Gasteiger partial charge on any atom is -0.353 e. The van der Waals surface area contributed by atoms with Crippen LogP contribution < -0.4 is 14.7 Å². The van der Waals surface area contributed by atoms with E-state index in [4.69, 9.17) is 4.98 Å². The molecule has 2 aromatic rings. The lowest BCUT2D eigenvalue weighted by molar-refractivity contribution is 0.640. The van der Waals surface area contributed by atoms with Crippen molar-refractivity contribution in [1.82, 2.24) is 15.0 Å². The molecule has 0 unspecified atom stereocenters. The third kappa shape index (κ3) is 3.52. The summed E-state index contributed by atoms with van der Waals surface area (Å²) >= 11 is 0. The molecule has 0 radical (unpaired) electrons. The highest BCUT2D eigenvalue weighted by molar-refractivity contribution is 5.47. The van der Waals surface area contributed by atoms with Gasteiger partial charge in [0, 0.05) is 51.7 Å². The second-order valence-electron chi connectivity index (χ2n) is 5.55. The highest BCUT2D eigenvalue weighted by Crippen LogP contribution is 2.19. The van der Waals surface area contributed by atoms with Crippen molar-refractivity contribution in [3.05, 3.63) is 36.7 Å². The van der Waals surface area contributed by atoms with E-state index >= 15 is 0 Å². The molecule has 6 heteroatoms. The fourth-order valence-corrected chi connectivity index (χ4v) is 2.88. The molecule has 0 amide bonds. The molecule has 0 N–H and O–H groups in total. The molecular formula is C17H24N6. The normalized spacial score (nSPS) is 14.9. The van der Waals surface area contributed by atoms with Crippen molar-refractivity contribution in [2.75, 3.05) is 54.0 Å². The Bertz CT molecular complexity index is 605. The summed E-state index contributed by atoms with van der Waals surface area (Å²) in [4.78, 5) is 20.4. The molecule has 0 saturated carbocycles. The van der Waals surface area contributed by atoms with Gasteiger partial charge in [0.25, 0.3) is 0 Å². The van der Waals surface area contributed by atoms with Gasteiger partial charge in [-0.3, -0.25) is 0 Å². The van der Waals surface area contributed by atoms with E-state index < -0.39 is 0 Å². The molecule has 1 aliphatic heterocycles. The predicted octanol–water partition coefficient (Wildman–Crippen LogP) is 2.04. The summed E-state index contributed by atoms with van der Waals surface area (Å²) in [6, 6.07) is 8.06. The van der Waals surface area contributed by atoms with Gasteiger partial charge in [-0.1, -0.05) is 6.07 Å². The van der Waals surface area contributed by atoms with Crippen LogP contribution in [0.5, 0.6) is 0 Å². The second kappa shape index (κ2) is 7.26. The zero-order chi connectivity index (χ0) is 16.1. The molecule has 1 aliphatic rings. The molecule has 2 aromatic heterocycles. The minimum atomic E-state index is 0.819. The fraction of sp³-hybridized carbons (Fsp3) is 0.471. The molecule has 1 fully saturated rings. The number of rotatable bonds is 5. The van der Waals surface area contributed by atoms with Crippen molar-refractivity contribution in [2.45, 2.75) is 13.8 Å². The summed E-state index contributed by atoms with van der Waals surface area (Å²) in [5, 5.41) is 0. The van der Waals surface area contributed by atoms with Gasteiger partial charge in [0.15, 0.2) is 0 Å². The van der Waals surface area contributed by atoms with Crippen molar-refractivity contribution >= 4 is 17.6 Å². The van der Waals surface area contributed by atoms with E-state index in [2.05, 4.69) is 44.6 Å². The van der Waals surface area contributed by atoms with Gasteiger partial charge >= 0.3 is 0 Å². The lowest BCUT2D eigenvalue weighted by Gasteiger charge is -2.36. The fourth-order valence-electron chi connectivity index (χ4n) is 2.88. The third-order valence-electron chi connectivity index (χ3n) is 4.25. The van der Waals surface area contributed by atoms with Gasteiger partial charge in [0.1, 0.15) is 11.6 Å². The van der Waals surface area contributed by atoms with Crippen LogP contribution in [0.4, 0.5) is 17.6 Å². The van der Waals surface area contributed by atoms with Crippen molar-refractivity contribution in [1.29, 1.82) is 0 Å². The van der Waals surface area contributed by atoms with Crippen molar-refractivity contribution < 1.29 is 0 Å². The molecule has 23 heavy (non-hydrogen) atoms. The molecule has 0 spiro atoms. The molecular weight excluding hydrogens is 288 g/mol. The van der Waals surface area contributed by atoms with Gasteiger partial charge in [-0.15, -0.1) is 0 Å². The molecule has 0 aliphatic carbocycles. The van der Waals surface area contributed by atoms with Crippen molar-refractivity contribution in [3.8, 4) is 0 Å². The van der Waals surface area contributed by atoms with Gasteiger partial charge in [-0.25, -0.2) is 9.97 Å². The zero-order valence-corrected chi connectivity index (χ0v) is 13.9. The van der Waals surface area contributed by atoms with Gasteiger partial charge in [-0.2, -0.15) is 4.98 Å². The summed E-state index contributed by atoms with van der Waals surface area (Å²) in [5.41, 5.74) is 0. The molecule has 3 heterocycles. The van der Waals surface area contributed by atoms with Gasteiger partial charge in [0.2, 0.25) is 5.95 Å². The Morgan fingerprint density at radius 2 is 1.57 bits per heavy atom. The maximum Gasteiger partial charge on any atom is 0.227 e. The monoisotopic (exact) mass is 312 g/mol. The number of aromatic nitrogens is 3. The molecule has 0 aromatic carbocycles. The van der Waals surface area contributed by atoms with Crippen LogP contribution in [0.1, 0.15) is 13.8 Å². The van der Waals surface area contributed by atoms with Crippen LogP contribution in [-0.4, -0.2) is 54.2 Å². The maximum atomic E-state index is 4.74. The Balaban J connectivity index is 1.67. The first-order valence-electron chi connectivity index (χ1n) is 8.30. The molecule has 1 saturated heterocycles. The quantitative estimate of drug-likeness (QED) is 0.842. The first-order valence-corrected chi connectivity index (χ1v) is 8.30. The van der Waals surface area contributed by atoms with Gasteiger partial charge in [0.05, 0.1) is 0 Å². The third-order valence-corrected chi connectivity index (χ3v) is 4.25. The average Bonchev–Trinajstić information content (AvgIpc) is 2.64. The highest BCUT2D eigenvalue weighted by atomic mass is 15.3. The topological polar surface area (TPSA) is 48.4 Å². The molecule has 3 rings (SSSR count). The van der Waals surface area contributed by atoms with Crippen LogP contribution >= 0.6 is 0 Å². The van der Waals surface area contributed by atoms with Crippen LogP contribution in [0.2, 0.25) is 0 Å². The lowest BCUT2D eigenvalue weighted by atomic mass is 10.3. The Kier molecular flexibility index (Phi) is 4.90. The Labute approximate surface area is 137 Å². The molecule has 122 valence electrons. The molecule has 0 atom stereocenters. The first-order chi connectivity index (χ1) is 11.3. The summed E-state index contributed by atoms with van der Waals surface area (Å²) in [6.07, 6.45) is 3.71. The summed E-state index contributed by atoms with van der Waals surface area (Å²) < 4.78 is 0. The Morgan fingerprint density at radius 1 is 0.870 bits per heavy atom. The number of pyridine rings is 1. The standard InChI is InChI=1S/C17H24N6/c1-3-21(4-2)17-19-10-8-16(20-17)23-13-11-22(12-14-23)15-7-5-6-9-18-15/h5-10H,3-4,11-14H2,1-2H3. The van der Waals surface area contributed by atoms with E-state index in [0.29, 0.717) is 0 Å². The van der Waals surface area contributed by atoms with Gasteiger partial charge < -0.3 is 14.7 Å². The van der Waals surface area contributed by atoms with E-state index in [9.17, 15) is 0 Å². The van der Waals surface area contributed by atoms with E-state index in [0.717, 1.165) is 56.9 Å². The smallest absolute Gasteiger partial charge is 0.227 e. The van der Waals surface area contributed by atoms with Crippen LogP contribution in [0, 0.1) is 0 Å². The Morgan fingerprint density at radius 3 is 2.17 bits per heavy atom. The number of hydrogen-bond acceptors (Lipinski definition) is 6. The van der Waals surface area contributed by atoms with Crippen LogP contribution in [0.15, 0.2) is 36.7 Å².